The molecule has 34 heavy (non-hydrogen) atoms. The van der Waals surface area contributed by atoms with Gasteiger partial charge in [0.2, 0.25) is 5.43 Å². The number of carbonyl (C=O) groups is 2. The average molecular weight is 507 g/mol. The molecular formula is C25H25Cl2FN2O4. The summed E-state index contributed by atoms with van der Waals surface area (Å²) in [5.74, 6) is -1.85. The molecule has 0 saturated heterocycles. The van der Waals surface area contributed by atoms with E-state index < -0.39 is 28.6 Å². The number of aromatic carboxylic acids is 1. The average Bonchev–Trinajstić information content (AvgIpc) is 2.79. The van der Waals surface area contributed by atoms with Crippen molar-refractivity contribution in [2.45, 2.75) is 26.4 Å². The van der Waals surface area contributed by atoms with Crippen molar-refractivity contribution in [1.82, 2.24) is 9.47 Å². The van der Waals surface area contributed by atoms with Gasteiger partial charge in [-0.15, -0.1) is 23.2 Å². The molecule has 0 amide bonds. The van der Waals surface area contributed by atoms with Gasteiger partial charge in [-0.1, -0.05) is 24.3 Å². The number of nitrogens with zero attached hydrogens (tertiary/aromatic N) is 2. The lowest BCUT2D eigenvalue weighted by Crippen LogP contribution is -2.27. The van der Waals surface area contributed by atoms with Crippen molar-refractivity contribution in [3.8, 4) is 0 Å². The van der Waals surface area contributed by atoms with Crippen LogP contribution in [0.15, 0.2) is 47.4 Å². The van der Waals surface area contributed by atoms with Crippen molar-refractivity contribution in [1.29, 1.82) is 0 Å². The summed E-state index contributed by atoms with van der Waals surface area (Å²) in [6.07, 6.45) is 1.23. The van der Waals surface area contributed by atoms with E-state index in [1.807, 2.05) is 0 Å². The lowest BCUT2D eigenvalue weighted by atomic mass is 9.99. The number of aromatic nitrogens is 1. The number of hydrogen-bond donors (Lipinski definition) is 1. The Kier molecular flexibility index (Phi) is 8.47. The number of carboxylic acid groups (broad SMARTS) is 1. The first-order valence-corrected chi connectivity index (χ1v) is 11.8. The summed E-state index contributed by atoms with van der Waals surface area (Å²) < 4.78 is 16.5. The van der Waals surface area contributed by atoms with Gasteiger partial charge in [0, 0.05) is 54.6 Å². The zero-order chi connectivity index (χ0) is 25.0. The van der Waals surface area contributed by atoms with E-state index in [0.717, 1.165) is 11.6 Å². The van der Waals surface area contributed by atoms with E-state index in [1.165, 1.54) is 12.3 Å². The summed E-state index contributed by atoms with van der Waals surface area (Å²) in [6, 6.07) is 8.89. The zero-order valence-corrected chi connectivity index (χ0v) is 20.4. The molecule has 180 valence electrons. The Bertz CT molecular complexity index is 1270. The van der Waals surface area contributed by atoms with Gasteiger partial charge in [-0.2, -0.15) is 0 Å². The number of alkyl halides is 2. The van der Waals surface area contributed by atoms with Crippen LogP contribution in [0.1, 0.15) is 51.7 Å². The van der Waals surface area contributed by atoms with Gasteiger partial charge in [-0.05, 0) is 31.5 Å². The van der Waals surface area contributed by atoms with Gasteiger partial charge in [-0.25, -0.2) is 9.18 Å². The molecule has 3 rings (SSSR count). The van der Waals surface area contributed by atoms with Gasteiger partial charge >= 0.3 is 5.97 Å². The van der Waals surface area contributed by atoms with E-state index in [2.05, 4.69) is 4.90 Å². The lowest BCUT2D eigenvalue weighted by Gasteiger charge is -2.20. The van der Waals surface area contributed by atoms with Crippen molar-refractivity contribution in [3.63, 3.8) is 0 Å². The van der Waals surface area contributed by atoms with Gasteiger partial charge in [0.25, 0.3) is 0 Å². The van der Waals surface area contributed by atoms with Crippen molar-refractivity contribution in [2.75, 3.05) is 24.8 Å². The number of rotatable bonds is 10. The third-order valence-electron chi connectivity index (χ3n) is 5.58. The minimum atomic E-state index is -1.39. The maximum Gasteiger partial charge on any atom is 0.341 e. The largest absolute Gasteiger partial charge is 0.477 e. The van der Waals surface area contributed by atoms with Crippen molar-refractivity contribution in [2.24, 2.45) is 0 Å². The molecule has 0 bridgehead atoms. The SMILES string of the molecule is CC(C)n1cc(C(=O)O)c(=O)c2cc(F)c(C(=O)c3ccc(CN(CCCl)CCCl)cc3)cc21. The number of fused-ring (bicyclic) bond motifs is 1. The summed E-state index contributed by atoms with van der Waals surface area (Å²) in [6.45, 7) is 5.58. The van der Waals surface area contributed by atoms with Crippen LogP contribution in [0.5, 0.6) is 0 Å². The number of hydrogen-bond acceptors (Lipinski definition) is 4. The van der Waals surface area contributed by atoms with Crippen LogP contribution < -0.4 is 5.43 Å². The highest BCUT2D eigenvalue weighted by atomic mass is 35.5. The van der Waals surface area contributed by atoms with Crippen LogP contribution in [0.25, 0.3) is 10.9 Å². The standard InChI is InChI=1S/C25H25Cl2FN2O4/c1-15(2)30-14-20(25(33)34)24(32)19-11-21(28)18(12-22(19)30)23(31)17-5-3-16(4-6-17)13-29(9-7-26)10-8-27/h3-6,11-12,14-15H,7-10,13H2,1-2H3,(H,33,34). The van der Waals surface area contributed by atoms with Crippen LogP contribution in [0.2, 0.25) is 0 Å². The van der Waals surface area contributed by atoms with Gasteiger partial charge in [0.05, 0.1) is 11.1 Å². The molecule has 2 aromatic carbocycles. The van der Waals surface area contributed by atoms with E-state index in [-0.39, 0.29) is 17.0 Å². The molecule has 0 atom stereocenters. The summed E-state index contributed by atoms with van der Waals surface area (Å²) in [4.78, 5) is 39.3. The first kappa shape index (κ1) is 25.9. The minimum absolute atomic E-state index is 0.0864. The quantitative estimate of drug-likeness (QED) is 0.311. The van der Waals surface area contributed by atoms with Crippen molar-refractivity contribution in [3.05, 3.63) is 80.9 Å². The molecule has 0 aliphatic carbocycles. The molecule has 0 spiro atoms. The number of carbonyl (C=O) groups excluding carboxylic acids is 1. The third kappa shape index (κ3) is 5.49. The first-order chi connectivity index (χ1) is 16.2. The molecule has 1 heterocycles. The fourth-order valence-corrected chi connectivity index (χ4v) is 4.29. The Morgan fingerprint density at radius 2 is 1.68 bits per heavy atom. The summed E-state index contributed by atoms with van der Waals surface area (Å²) in [7, 11) is 0. The highest BCUT2D eigenvalue weighted by Crippen LogP contribution is 2.23. The molecule has 6 nitrogen and oxygen atoms in total. The summed E-state index contributed by atoms with van der Waals surface area (Å²) in [5, 5.41) is 9.27. The van der Waals surface area contributed by atoms with Crippen LogP contribution in [-0.2, 0) is 6.54 Å². The fourth-order valence-electron chi connectivity index (χ4n) is 3.81. The molecule has 1 N–H and O–H groups in total. The number of carboxylic acids is 1. The fraction of sp³-hybridized carbons (Fsp3) is 0.320. The Labute approximate surface area is 206 Å². The molecule has 0 fully saturated rings. The summed E-state index contributed by atoms with van der Waals surface area (Å²) in [5.41, 5.74) is 0.115. The lowest BCUT2D eigenvalue weighted by molar-refractivity contribution is 0.0694. The Balaban J connectivity index is 2.00. The van der Waals surface area contributed by atoms with Gasteiger partial charge < -0.3 is 9.67 Å². The highest BCUT2D eigenvalue weighted by Gasteiger charge is 2.21. The zero-order valence-electron chi connectivity index (χ0n) is 18.9. The Hall–Kier alpha value is -2.74. The molecule has 0 radical (unpaired) electrons. The van der Waals surface area contributed by atoms with Crippen molar-refractivity contribution < 1.29 is 19.1 Å². The van der Waals surface area contributed by atoms with Crippen LogP contribution in [0.3, 0.4) is 0 Å². The normalized spacial score (nSPS) is 11.5. The molecular weight excluding hydrogens is 482 g/mol. The second-order valence-corrected chi connectivity index (χ2v) is 8.96. The van der Waals surface area contributed by atoms with Gasteiger partial charge in [-0.3, -0.25) is 14.5 Å². The monoisotopic (exact) mass is 506 g/mol. The van der Waals surface area contributed by atoms with E-state index in [9.17, 15) is 23.9 Å². The molecule has 0 aliphatic heterocycles. The molecule has 1 aromatic heterocycles. The predicted octanol–water partition coefficient (Wildman–Crippen LogP) is 4.93. The Morgan fingerprint density at radius 1 is 1.06 bits per heavy atom. The van der Waals surface area contributed by atoms with Crippen molar-refractivity contribution >= 4 is 45.9 Å². The molecule has 3 aromatic rings. The third-order valence-corrected chi connectivity index (χ3v) is 5.91. The molecule has 0 aliphatic rings. The van der Waals surface area contributed by atoms with Crippen LogP contribution in [0.4, 0.5) is 4.39 Å². The number of benzene rings is 2. The molecule has 0 saturated carbocycles. The number of pyridine rings is 1. The number of ketones is 1. The second kappa shape index (κ2) is 11.1. The highest BCUT2D eigenvalue weighted by molar-refractivity contribution is 6.18. The van der Waals surface area contributed by atoms with E-state index in [1.54, 1.807) is 42.7 Å². The van der Waals surface area contributed by atoms with Crippen LogP contribution in [-0.4, -0.2) is 51.2 Å². The van der Waals surface area contributed by atoms with E-state index in [0.29, 0.717) is 42.5 Å². The smallest absolute Gasteiger partial charge is 0.341 e. The minimum Gasteiger partial charge on any atom is -0.477 e. The van der Waals surface area contributed by atoms with Gasteiger partial charge in [0.1, 0.15) is 11.4 Å². The molecule has 0 unspecified atom stereocenters. The Morgan fingerprint density at radius 3 is 2.21 bits per heavy atom. The van der Waals surface area contributed by atoms with Gasteiger partial charge in [0.15, 0.2) is 5.78 Å². The second-order valence-electron chi connectivity index (χ2n) is 8.21. The topological polar surface area (TPSA) is 79.6 Å². The number of halogens is 3. The van der Waals surface area contributed by atoms with Crippen LogP contribution >= 0.6 is 23.2 Å². The van der Waals surface area contributed by atoms with Crippen LogP contribution in [0, 0.1) is 5.82 Å². The maximum atomic E-state index is 15.0. The van der Waals surface area contributed by atoms with E-state index >= 15 is 0 Å². The van der Waals surface area contributed by atoms with E-state index in [4.69, 9.17) is 23.2 Å². The predicted molar refractivity (Wildman–Crippen MR) is 132 cm³/mol. The molecule has 9 heteroatoms. The summed E-state index contributed by atoms with van der Waals surface area (Å²) >= 11 is 11.7. The first-order valence-electron chi connectivity index (χ1n) is 10.8. The maximum absolute atomic E-state index is 15.0.